The number of amides is 1. The molecule has 1 amide bonds. The first-order chi connectivity index (χ1) is 13.3. The van der Waals surface area contributed by atoms with Crippen LogP contribution in [0.25, 0.3) is 11.0 Å². The summed E-state index contributed by atoms with van der Waals surface area (Å²) in [5.41, 5.74) is 0.0214. The number of hydrogen-bond donors (Lipinski definition) is 2. The average molecular weight is 387 g/mol. The van der Waals surface area contributed by atoms with Crippen molar-refractivity contribution in [3.8, 4) is 0 Å². The van der Waals surface area contributed by atoms with Crippen molar-refractivity contribution in [2.24, 2.45) is 7.05 Å². The van der Waals surface area contributed by atoms with Crippen LogP contribution in [0, 0.1) is 0 Å². The highest BCUT2D eigenvalue weighted by molar-refractivity contribution is 6.05. The number of carbonyl (C=O) groups is 1. The van der Waals surface area contributed by atoms with E-state index < -0.39 is 11.2 Å². The van der Waals surface area contributed by atoms with Crippen LogP contribution in [0.2, 0.25) is 0 Å². The quantitative estimate of drug-likeness (QED) is 0.779. The summed E-state index contributed by atoms with van der Waals surface area (Å²) >= 11 is 0. The molecule has 2 aromatic rings. The number of carbonyl (C=O) groups excluding carboxylic acids is 1. The van der Waals surface area contributed by atoms with Crippen LogP contribution in [0.5, 0.6) is 0 Å². The lowest BCUT2D eigenvalue weighted by Crippen LogP contribution is -2.38. The molecule has 152 valence electrons. The van der Waals surface area contributed by atoms with E-state index in [-0.39, 0.29) is 28.4 Å². The fourth-order valence-electron chi connectivity index (χ4n) is 3.80. The van der Waals surface area contributed by atoms with Gasteiger partial charge in [-0.1, -0.05) is 26.7 Å². The van der Waals surface area contributed by atoms with Gasteiger partial charge in [-0.15, -0.1) is 0 Å². The van der Waals surface area contributed by atoms with Crippen LogP contribution in [-0.2, 0) is 7.05 Å². The molecule has 2 aromatic heterocycles. The summed E-state index contributed by atoms with van der Waals surface area (Å²) in [6.07, 6.45) is 4.95. The van der Waals surface area contributed by atoms with Crippen LogP contribution in [0.15, 0.2) is 15.7 Å². The van der Waals surface area contributed by atoms with Gasteiger partial charge in [-0.3, -0.25) is 19.1 Å². The van der Waals surface area contributed by atoms with Crippen molar-refractivity contribution in [2.75, 3.05) is 20.1 Å². The summed E-state index contributed by atoms with van der Waals surface area (Å²) in [5, 5.41) is 3.07. The number of H-pyrrole nitrogens is 1. The number of aryl methyl sites for hydroxylation is 1. The third-order valence-electron chi connectivity index (χ3n) is 5.62. The van der Waals surface area contributed by atoms with Gasteiger partial charge in [0.1, 0.15) is 5.65 Å². The molecular weight excluding hydrogens is 358 g/mol. The van der Waals surface area contributed by atoms with E-state index in [1.54, 1.807) is 6.07 Å². The Bertz CT molecular complexity index is 986. The standard InChI is InChI=1S/C20H29N5O3/c1-12(2)15-11-14(16-17(22-15)25(4)20(28)23-19(16)27)18(26)21-9-10-24(3)13-7-5-6-8-13/h11-13H,5-10H2,1-4H3,(H,21,26)(H,23,27,28). The van der Waals surface area contributed by atoms with Crippen molar-refractivity contribution in [3.05, 3.63) is 38.2 Å². The molecular formula is C20H29N5O3. The van der Waals surface area contributed by atoms with Gasteiger partial charge in [-0.2, -0.15) is 0 Å². The molecule has 2 heterocycles. The Balaban J connectivity index is 1.88. The third kappa shape index (κ3) is 4.01. The maximum absolute atomic E-state index is 12.9. The number of pyridine rings is 1. The first kappa shape index (κ1) is 20.3. The van der Waals surface area contributed by atoms with Crippen molar-refractivity contribution in [1.82, 2.24) is 24.8 Å². The first-order valence-electron chi connectivity index (χ1n) is 9.92. The van der Waals surface area contributed by atoms with Crippen LogP contribution in [-0.4, -0.2) is 51.5 Å². The molecule has 0 radical (unpaired) electrons. The Kier molecular flexibility index (Phi) is 5.98. The van der Waals surface area contributed by atoms with Crippen LogP contribution in [0.3, 0.4) is 0 Å². The Hall–Kier alpha value is -2.48. The lowest BCUT2D eigenvalue weighted by molar-refractivity contribution is 0.0948. The minimum absolute atomic E-state index is 0.0545. The number of rotatable bonds is 6. The second-order valence-corrected chi connectivity index (χ2v) is 7.94. The van der Waals surface area contributed by atoms with Gasteiger partial charge in [0.15, 0.2) is 0 Å². The van der Waals surface area contributed by atoms with Gasteiger partial charge in [0.25, 0.3) is 11.5 Å². The molecule has 0 aromatic carbocycles. The minimum Gasteiger partial charge on any atom is -0.351 e. The Morgan fingerprint density at radius 1 is 1.36 bits per heavy atom. The van der Waals surface area contributed by atoms with E-state index in [2.05, 4.69) is 27.2 Å². The number of aromatic nitrogens is 3. The largest absolute Gasteiger partial charge is 0.351 e. The highest BCUT2D eigenvalue weighted by atomic mass is 16.2. The fraction of sp³-hybridized carbons (Fsp3) is 0.600. The van der Waals surface area contributed by atoms with E-state index >= 15 is 0 Å². The molecule has 0 bridgehead atoms. The smallest absolute Gasteiger partial charge is 0.329 e. The second kappa shape index (κ2) is 8.26. The Labute approximate surface area is 164 Å². The highest BCUT2D eigenvalue weighted by Crippen LogP contribution is 2.22. The second-order valence-electron chi connectivity index (χ2n) is 7.94. The molecule has 0 saturated heterocycles. The number of likely N-dealkylation sites (N-methyl/N-ethyl adjacent to an activating group) is 1. The van der Waals surface area contributed by atoms with E-state index in [9.17, 15) is 14.4 Å². The molecule has 2 N–H and O–H groups in total. The van der Waals surface area contributed by atoms with Crippen molar-refractivity contribution < 1.29 is 4.79 Å². The summed E-state index contributed by atoms with van der Waals surface area (Å²) in [6, 6.07) is 2.24. The molecule has 28 heavy (non-hydrogen) atoms. The zero-order valence-corrected chi connectivity index (χ0v) is 17.0. The van der Waals surface area contributed by atoms with Gasteiger partial charge in [-0.25, -0.2) is 9.78 Å². The van der Waals surface area contributed by atoms with E-state index in [0.29, 0.717) is 18.3 Å². The lowest BCUT2D eigenvalue weighted by atomic mass is 10.0. The molecule has 1 fully saturated rings. The van der Waals surface area contributed by atoms with Crippen LogP contribution in [0.1, 0.15) is 61.5 Å². The summed E-state index contributed by atoms with van der Waals surface area (Å²) in [6.45, 7) is 5.16. The summed E-state index contributed by atoms with van der Waals surface area (Å²) in [5.74, 6) is -0.267. The number of hydrogen-bond acceptors (Lipinski definition) is 5. The van der Waals surface area contributed by atoms with Crippen LogP contribution in [0.4, 0.5) is 0 Å². The molecule has 0 atom stereocenters. The molecule has 0 unspecified atom stereocenters. The van der Waals surface area contributed by atoms with E-state index in [1.165, 1.54) is 37.3 Å². The van der Waals surface area contributed by atoms with Gasteiger partial charge in [0.2, 0.25) is 0 Å². The number of aromatic amines is 1. The van der Waals surface area contributed by atoms with Crippen LogP contribution < -0.4 is 16.6 Å². The van der Waals surface area contributed by atoms with Gasteiger partial charge in [0.05, 0.1) is 10.9 Å². The number of fused-ring (bicyclic) bond motifs is 1. The Morgan fingerprint density at radius 2 is 2.04 bits per heavy atom. The van der Waals surface area contributed by atoms with Crippen molar-refractivity contribution in [2.45, 2.75) is 51.5 Å². The predicted molar refractivity (Wildman–Crippen MR) is 109 cm³/mol. The monoisotopic (exact) mass is 387 g/mol. The van der Waals surface area contributed by atoms with Crippen molar-refractivity contribution in [3.63, 3.8) is 0 Å². The van der Waals surface area contributed by atoms with Crippen LogP contribution >= 0.6 is 0 Å². The molecule has 8 heteroatoms. The summed E-state index contributed by atoms with van der Waals surface area (Å²) in [4.78, 5) is 46.3. The molecule has 1 aliphatic rings. The van der Waals surface area contributed by atoms with E-state index in [0.717, 1.165) is 6.54 Å². The van der Waals surface area contributed by atoms with E-state index in [4.69, 9.17) is 0 Å². The molecule has 3 rings (SSSR count). The van der Waals surface area contributed by atoms with Crippen molar-refractivity contribution >= 4 is 16.9 Å². The normalized spacial score (nSPS) is 15.1. The molecule has 1 aliphatic carbocycles. The summed E-state index contributed by atoms with van der Waals surface area (Å²) in [7, 11) is 3.62. The Morgan fingerprint density at radius 3 is 2.68 bits per heavy atom. The summed E-state index contributed by atoms with van der Waals surface area (Å²) < 4.78 is 1.27. The van der Waals surface area contributed by atoms with E-state index in [1.807, 2.05) is 13.8 Å². The zero-order chi connectivity index (χ0) is 20.4. The zero-order valence-electron chi connectivity index (χ0n) is 17.0. The average Bonchev–Trinajstić information content (AvgIpc) is 3.19. The van der Waals surface area contributed by atoms with Gasteiger partial charge in [0, 0.05) is 31.9 Å². The van der Waals surface area contributed by atoms with Crippen molar-refractivity contribution in [1.29, 1.82) is 0 Å². The number of nitrogens with one attached hydrogen (secondary N) is 2. The molecule has 8 nitrogen and oxygen atoms in total. The van der Waals surface area contributed by atoms with Gasteiger partial charge < -0.3 is 10.2 Å². The lowest BCUT2D eigenvalue weighted by Gasteiger charge is -2.24. The predicted octanol–water partition coefficient (Wildman–Crippen LogP) is 1.35. The molecule has 0 aliphatic heterocycles. The first-order valence-corrected chi connectivity index (χ1v) is 9.92. The third-order valence-corrected chi connectivity index (χ3v) is 5.62. The highest BCUT2D eigenvalue weighted by Gasteiger charge is 2.21. The number of nitrogens with zero attached hydrogens (tertiary/aromatic N) is 3. The maximum Gasteiger partial charge on any atom is 0.329 e. The SMILES string of the molecule is CC(C)c1cc(C(=O)NCCN(C)C2CCCC2)c2c(=O)[nH]c(=O)n(C)c2n1. The molecule has 0 spiro atoms. The topological polar surface area (TPSA) is 100 Å². The molecule has 1 saturated carbocycles. The fourth-order valence-corrected chi connectivity index (χ4v) is 3.80. The van der Waals surface area contributed by atoms with Gasteiger partial charge in [-0.05, 0) is 31.9 Å². The van der Waals surface area contributed by atoms with Gasteiger partial charge >= 0.3 is 5.69 Å². The minimum atomic E-state index is -0.589. The maximum atomic E-state index is 12.9.